The van der Waals surface area contributed by atoms with E-state index in [2.05, 4.69) is 47.6 Å². The molecule has 3 aromatic rings. The maximum atomic E-state index is 12.5. The van der Waals surface area contributed by atoms with Crippen LogP contribution in [0.3, 0.4) is 0 Å². The molecule has 9 heteroatoms. The van der Waals surface area contributed by atoms with Gasteiger partial charge < -0.3 is 19.4 Å². The number of aromatic nitrogens is 3. The highest BCUT2D eigenvalue weighted by molar-refractivity contribution is 7.99. The number of ether oxygens (including phenoxy) is 1. The number of nitrogens with zero attached hydrogens (tertiary/aromatic N) is 4. The Morgan fingerprint density at radius 3 is 2.77 bits per heavy atom. The van der Waals surface area contributed by atoms with Gasteiger partial charge in [0, 0.05) is 18.8 Å². The van der Waals surface area contributed by atoms with Crippen molar-refractivity contribution in [3.63, 3.8) is 0 Å². The topological polar surface area (TPSA) is 85.4 Å². The van der Waals surface area contributed by atoms with Crippen LogP contribution in [0.2, 0.25) is 0 Å². The summed E-state index contributed by atoms with van der Waals surface area (Å²) >= 11 is 1.41. The van der Waals surface area contributed by atoms with Crippen molar-refractivity contribution in [2.75, 3.05) is 37.4 Å². The minimum Gasteiger partial charge on any atom is -0.467 e. The van der Waals surface area contributed by atoms with Gasteiger partial charge in [0.15, 0.2) is 11.0 Å². The standard InChI is InChI=1S/C22H27N5O3S/c1-16-5-6-19(17(2)12-16)23-13-20-24-25-22(27(20)14-18-4-3-9-30-18)31-15-21(28)26-7-10-29-11-8-26/h3-6,9,12,23H,7-8,10-11,13-15H2,1-2H3. The zero-order valence-corrected chi connectivity index (χ0v) is 18.7. The maximum Gasteiger partial charge on any atom is 0.233 e. The van der Waals surface area contributed by atoms with Gasteiger partial charge in [0.1, 0.15) is 5.76 Å². The van der Waals surface area contributed by atoms with Crippen LogP contribution in [0, 0.1) is 13.8 Å². The number of benzene rings is 1. The lowest BCUT2D eigenvalue weighted by molar-refractivity contribution is -0.132. The largest absolute Gasteiger partial charge is 0.467 e. The fraction of sp³-hybridized carbons (Fsp3) is 0.409. The fourth-order valence-corrected chi connectivity index (χ4v) is 4.35. The van der Waals surface area contributed by atoms with E-state index in [4.69, 9.17) is 9.15 Å². The summed E-state index contributed by atoms with van der Waals surface area (Å²) in [6, 6.07) is 10.1. The Labute approximate surface area is 186 Å². The number of hydrogen-bond acceptors (Lipinski definition) is 7. The number of amides is 1. The molecule has 1 aliphatic rings. The van der Waals surface area contributed by atoms with Crippen LogP contribution in [0.5, 0.6) is 0 Å². The molecule has 0 radical (unpaired) electrons. The predicted molar refractivity (Wildman–Crippen MR) is 119 cm³/mol. The molecule has 0 atom stereocenters. The normalized spacial score (nSPS) is 14.1. The molecule has 4 rings (SSSR count). The number of hydrogen-bond donors (Lipinski definition) is 1. The van der Waals surface area contributed by atoms with Crippen molar-refractivity contribution in [3.8, 4) is 0 Å². The summed E-state index contributed by atoms with van der Waals surface area (Å²) in [7, 11) is 0. The number of furan rings is 1. The van der Waals surface area contributed by atoms with E-state index >= 15 is 0 Å². The molecular weight excluding hydrogens is 414 g/mol. The fourth-order valence-electron chi connectivity index (χ4n) is 3.49. The lowest BCUT2D eigenvalue weighted by Gasteiger charge is -2.26. The second kappa shape index (κ2) is 10.0. The molecule has 1 amide bonds. The summed E-state index contributed by atoms with van der Waals surface area (Å²) in [5, 5.41) is 12.9. The van der Waals surface area contributed by atoms with Crippen molar-refractivity contribution >= 4 is 23.4 Å². The molecule has 1 saturated heterocycles. The van der Waals surface area contributed by atoms with Crippen molar-refractivity contribution in [1.29, 1.82) is 0 Å². The van der Waals surface area contributed by atoms with E-state index in [-0.39, 0.29) is 5.91 Å². The van der Waals surface area contributed by atoms with Gasteiger partial charge in [-0.25, -0.2) is 0 Å². The van der Waals surface area contributed by atoms with Crippen LogP contribution < -0.4 is 5.32 Å². The quantitative estimate of drug-likeness (QED) is 0.538. The summed E-state index contributed by atoms with van der Waals surface area (Å²) < 4.78 is 12.9. The Balaban J connectivity index is 1.47. The van der Waals surface area contributed by atoms with Crippen LogP contribution in [0.4, 0.5) is 5.69 Å². The number of morpholine rings is 1. The summed E-state index contributed by atoms with van der Waals surface area (Å²) in [5.41, 5.74) is 3.48. The third-order valence-electron chi connectivity index (χ3n) is 5.19. The number of thioether (sulfide) groups is 1. The van der Waals surface area contributed by atoms with Crippen LogP contribution in [-0.2, 0) is 22.6 Å². The second-order valence-corrected chi connectivity index (χ2v) is 8.46. The average molecular weight is 442 g/mol. The Morgan fingerprint density at radius 1 is 1.19 bits per heavy atom. The first-order chi connectivity index (χ1) is 15.1. The van der Waals surface area contributed by atoms with E-state index in [0.717, 1.165) is 17.3 Å². The highest BCUT2D eigenvalue weighted by atomic mass is 32.2. The molecule has 0 saturated carbocycles. The van der Waals surface area contributed by atoms with Crippen molar-refractivity contribution in [2.24, 2.45) is 0 Å². The first-order valence-electron chi connectivity index (χ1n) is 10.3. The van der Waals surface area contributed by atoms with Crippen LogP contribution >= 0.6 is 11.8 Å². The molecule has 3 heterocycles. The molecule has 0 spiro atoms. The highest BCUT2D eigenvalue weighted by Gasteiger charge is 2.20. The van der Waals surface area contributed by atoms with E-state index in [0.29, 0.717) is 50.3 Å². The Kier molecular flexibility index (Phi) is 6.93. The number of carbonyl (C=O) groups is 1. The van der Waals surface area contributed by atoms with Crippen LogP contribution in [0.25, 0.3) is 0 Å². The predicted octanol–water partition coefficient (Wildman–Crippen LogP) is 3.10. The van der Waals surface area contributed by atoms with Crippen molar-refractivity contribution < 1.29 is 13.9 Å². The lowest BCUT2D eigenvalue weighted by atomic mass is 10.1. The van der Waals surface area contributed by atoms with Crippen molar-refractivity contribution in [3.05, 3.63) is 59.3 Å². The Hall–Kier alpha value is -2.78. The molecular formula is C22H27N5O3S. The van der Waals surface area contributed by atoms with E-state index in [1.54, 1.807) is 6.26 Å². The van der Waals surface area contributed by atoms with Gasteiger partial charge in [0.05, 0.1) is 38.3 Å². The molecule has 1 aliphatic heterocycles. The molecule has 1 aromatic carbocycles. The van der Waals surface area contributed by atoms with Gasteiger partial charge in [-0.05, 0) is 37.6 Å². The molecule has 2 aromatic heterocycles. The summed E-state index contributed by atoms with van der Waals surface area (Å²) in [6.07, 6.45) is 1.65. The third kappa shape index (κ3) is 5.48. The minimum absolute atomic E-state index is 0.0933. The molecule has 0 bridgehead atoms. The number of rotatable bonds is 8. The van der Waals surface area contributed by atoms with Gasteiger partial charge >= 0.3 is 0 Å². The SMILES string of the molecule is Cc1ccc(NCc2nnc(SCC(=O)N3CCOCC3)n2Cc2ccco2)c(C)c1. The number of carbonyl (C=O) groups excluding carboxylic acids is 1. The molecule has 1 N–H and O–H groups in total. The molecule has 8 nitrogen and oxygen atoms in total. The second-order valence-electron chi connectivity index (χ2n) is 7.52. The van der Waals surface area contributed by atoms with E-state index in [1.807, 2.05) is 21.6 Å². The summed E-state index contributed by atoms with van der Waals surface area (Å²) in [6.45, 7) is 7.68. The van der Waals surface area contributed by atoms with Gasteiger partial charge in [0.2, 0.25) is 5.91 Å². The van der Waals surface area contributed by atoms with Crippen molar-refractivity contribution in [1.82, 2.24) is 19.7 Å². The molecule has 164 valence electrons. The lowest BCUT2D eigenvalue weighted by Crippen LogP contribution is -2.41. The smallest absolute Gasteiger partial charge is 0.233 e. The average Bonchev–Trinajstić information content (AvgIpc) is 3.43. The zero-order valence-electron chi connectivity index (χ0n) is 17.8. The van der Waals surface area contributed by atoms with E-state index in [9.17, 15) is 4.79 Å². The molecule has 31 heavy (non-hydrogen) atoms. The Morgan fingerprint density at radius 2 is 2.03 bits per heavy atom. The number of nitrogens with one attached hydrogen (secondary N) is 1. The summed E-state index contributed by atoms with van der Waals surface area (Å²) in [5.74, 6) is 2.02. The van der Waals surface area contributed by atoms with Crippen molar-refractivity contribution in [2.45, 2.75) is 32.1 Å². The Bertz CT molecular complexity index is 1010. The van der Waals surface area contributed by atoms with Gasteiger partial charge in [0.25, 0.3) is 0 Å². The molecule has 0 aliphatic carbocycles. The van der Waals surface area contributed by atoms with Crippen LogP contribution in [0.15, 0.2) is 46.2 Å². The van der Waals surface area contributed by atoms with Crippen LogP contribution in [-0.4, -0.2) is 57.6 Å². The number of anilines is 1. The first kappa shape index (κ1) is 21.5. The number of aryl methyl sites for hydroxylation is 2. The van der Waals surface area contributed by atoms with E-state index < -0.39 is 0 Å². The third-order valence-corrected chi connectivity index (χ3v) is 6.15. The molecule has 1 fully saturated rings. The monoisotopic (exact) mass is 441 g/mol. The first-order valence-corrected chi connectivity index (χ1v) is 11.3. The maximum absolute atomic E-state index is 12.5. The van der Waals surface area contributed by atoms with Gasteiger partial charge in [-0.1, -0.05) is 29.5 Å². The summed E-state index contributed by atoms with van der Waals surface area (Å²) in [4.78, 5) is 14.4. The van der Waals surface area contributed by atoms with Gasteiger partial charge in [-0.15, -0.1) is 10.2 Å². The van der Waals surface area contributed by atoms with Gasteiger partial charge in [-0.3, -0.25) is 9.36 Å². The highest BCUT2D eigenvalue weighted by Crippen LogP contribution is 2.22. The zero-order chi connectivity index (χ0) is 21.6. The van der Waals surface area contributed by atoms with E-state index in [1.165, 1.54) is 22.9 Å². The minimum atomic E-state index is 0.0933. The van der Waals surface area contributed by atoms with Crippen LogP contribution in [0.1, 0.15) is 22.7 Å². The molecule has 0 unspecified atom stereocenters. The van der Waals surface area contributed by atoms with Gasteiger partial charge in [-0.2, -0.15) is 0 Å².